The van der Waals surface area contributed by atoms with Gasteiger partial charge in [-0.25, -0.2) is 0 Å². The number of aliphatic hydroxyl groups is 1. The molecule has 0 bridgehead atoms. The van der Waals surface area contributed by atoms with Gasteiger partial charge in [0.05, 0.1) is 19.1 Å². The van der Waals surface area contributed by atoms with Crippen LogP contribution < -0.4 is 5.73 Å². The number of ether oxygens (including phenoxy) is 1. The topological polar surface area (TPSA) is 72.5 Å². The van der Waals surface area contributed by atoms with E-state index >= 15 is 0 Å². The lowest BCUT2D eigenvalue weighted by molar-refractivity contribution is -0.145. The normalized spacial score (nSPS) is 34.1. The highest BCUT2D eigenvalue weighted by molar-refractivity contribution is 5.85. The van der Waals surface area contributed by atoms with E-state index in [1.807, 2.05) is 0 Å². The maximum Gasteiger partial charge on any atom is 0.310 e. The molecule has 0 aromatic heterocycles. The maximum absolute atomic E-state index is 11.0. The van der Waals surface area contributed by atoms with Crippen molar-refractivity contribution < 1.29 is 14.6 Å². The van der Waals surface area contributed by atoms with Crippen LogP contribution in [-0.4, -0.2) is 30.3 Å². The molecule has 1 fully saturated rings. The molecule has 0 radical (unpaired) electrons. The fourth-order valence-electron chi connectivity index (χ4n) is 1.46. The quantitative estimate of drug-likeness (QED) is 0.563. The first-order chi connectivity index (χ1) is 5.15. The van der Waals surface area contributed by atoms with Gasteiger partial charge in [-0.1, -0.05) is 0 Å². The summed E-state index contributed by atoms with van der Waals surface area (Å²) < 4.78 is 4.52. The van der Waals surface area contributed by atoms with Gasteiger partial charge in [-0.05, 0) is 12.8 Å². The molecule has 0 amide bonds. The van der Waals surface area contributed by atoms with E-state index in [0.29, 0.717) is 12.8 Å². The molecule has 1 saturated carbocycles. The summed E-state index contributed by atoms with van der Waals surface area (Å²) in [7, 11) is 1.33. The Morgan fingerprint density at radius 1 is 1.58 bits per heavy atom. The minimum Gasteiger partial charge on any atom is -0.469 e. The molecule has 72 valence electrons. The Balaban J connectivity index is 0.00000121. The average Bonchev–Trinajstić information content (AvgIpc) is 2.28. The number of aliphatic hydroxyl groups excluding tert-OH is 1. The van der Waals surface area contributed by atoms with Crippen LogP contribution in [0.1, 0.15) is 12.8 Å². The van der Waals surface area contributed by atoms with Gasteiger partial charge in [0.2, 0.25) is 0 Å². The molecular weight excluding hydrogens is 182 g/mol. The Hall–Kier alpha value is -0.320. The lowest BCUT2D eigenvalue weighted by Gasteiger charge is -2.10. The van der Waals surface area contributed by atoms with E-state index in [1.165, 1.54) is 7.11 Å². The van der Waals surface area contributed by atoms with E-state index < -0.39 is 6.10 Å². The smallest absolute Gasteiger partial charge is 0.310 e. The van der Waals surface area contributed by atoms with E-state index in [0.717, 1.165) is 0 Å². The van der Waals surface area contributed by atoms with Gasteiger partial charge in [-0.3, -0.25) is 4.79 Å². The van der Waals surface area contributed by atoms with Crippen molar-refractivity contribution in [2.45, 2.75) is 25.0 Å². The summed E-state index contributed by atoms with van der Waals surface area (Å²) in [6.45, 7) is 0. The maximum atomic E-state index is 11.0. The summed E-state index contributed by atoms with van der Waals surface area (Å²) in [5.74, 6) is -0.621. The van der Waals surface area contributed by atoms with Crippen LogP contribution in [0, 0.1) is 5.92 Å². The van der Waals surface area contributed by atoms with Gasteiger partial charge < -0.3 is 15.6 Å². The average molecular weight is 196 g/mol. The van der Waals surface area contributed by atoms with Gasteiger partial charge in [-0.15, -0.1) is 12.4 Å². The number of hydrogen-bond acceptors (Lipinski definition) is 4. The molecule has 5 heteroatoms. The zero-order valence-corrected chi connectivity index (χ0v) is 7.71. The molecule has 0 aliphatic heterocycles. The number of hydrogen-bond donors (Lipinski definition) is 2. The number of carbonyl (C=O) groups excluding carboxylic acids is 1. The molecule has 0 aromatic carbocycles. The molecule has 0 saturated heterocycles. The second-order valence-corrected chi connectivity index (χ2v) is 2.92. The van der Waals surface area contributed by atoms with E-state index in [4.69, 9.17) is 10.8 Å². The SMILES string of the molecule is COC(=O)[C@@H]1C[C@H](O)C[C@@H]1N.Cl. The first kappa shape index (κ1) is 11.7. The van der Waals surface area contributed by atoms with Crippen molar-refractivity contribution in [1.29, 1.82) is 0 Å². The first-order valence-electron chi connectivity index (χ1n) is 3.66. The van der Waals surface area contributed by atoms with Crippen LogP contribution in [0.5, 0.6) is 0 Å². The van der Waals surface area contributed by atoms with Gasteiger partial charge in [0.25, 0.3) is 0 Å². The minimum atomic E-state index is -0.436. The lowest BCUT2D eigenvalue weighted by atomic mass is 10.1. The fraction of sp³-hybridized carbons (Fsp3) is 0.857. The highest BCUT2D eigenvalue weighted by Gasteiger charge is 2.36. The zero-order valence-electron chi connectivity index (χ0n) is 6.90. The summed E-state index contributed by atoms with van der Waals surface area (Å²) in [5.41, 5.74) is 5.59. The Labute approximate surface area is 77.5 Å². The predicted molar refractivity (Wildman–Crippen MR) is 46.0 cm³/mol. The van der Waals surface area contributed by atoms with Crippen LogP contribution in [0.25, 0.3) is 0 Å². The fourth-order valence-corrected chi connectivity index (χ4v) is 1.46. The van der Waals surface area contributed by atoms with Crippen molar-refractivity contribution in [3.8, 4) is 0 Å². The van der Waals surface area contributed by atoms with Crippen LogP contribution in [0.3, 0.4) is 0 Å². The molecule has 3 N–H and O–H groups in total. The first-order valence-corrected chi connectivity index (χ1v) is 3.66. The summed E-state index contributed by atoms with van der Waals surface area (Å²) in [5, 5.41) is 9.13. The van der Waals surface area contributed by atoms with Crippen LogP contribution in [0.2, 0.25) is 0 Å². The number of rotatable bonds is 1. The number of esters is 1. The molecule has 1 aliphatic carbocycles. The zero-order chi connectivity index (χ0) is 8.43. The summed E-state index contributed by atoms with van der Waals surface area (Å²) in [6, 6.07) is -0.238. The predicted octanol–water partition coefficient (Wildman–Crippen LogP) is -0.321. The summed E-state index contributed by atoms with van der Waals surface area (Å²) >= 11 is 0. The van der Waals surface area contributed by atoms with Crippen molar-refractivity contribution in [1.82, 2.24) is 0 Å². The third-order valence-electron chi connectivity index (χ3n) is 2.09. The van der Waals surface area contributed by atoms with E-state index in [9.17, 15) is 4.79 Å². The van der Waals surface area contributed by atoms with Crippen LogP contribution in [0.4, 0.5) is 0 Å². The van der Waals surface area contributed by atoms with Gasteiger partial charge in [-0.2, -0.15) is 0 Å². The number of nitrogens with two attached hydrogens (primary N) is 1. The molecule has 1 aliphatic rings. The van der Waals surface area contributed by atoms with Crippen LogP contribution in [0.15, 0.2) is 0 Å². The standard InChI is InChI=1S/C7H13NO3.ClH/c1-11-7(10)5-2-4(9)3-6(5)8;/h4-6,9H,2-3,8H2,1H3;1H/t4-,5+,6-;/m0./s1. The van der Waals surface area contributed by atoms with Crippen molar-refractivity contribution in [2.75, 3.05) is 7.11 Å². The Bertz CT molecular complexity index is 165. The number of halogens is 1. The second kappa shape index (κ2) is 4.64. The summed E-state index contributed by atoms with van der Waals surface area (Å²) in [6.07, 6.45) is 0.502. The monoisotopic (exact) mass is 195 g/mol. The minimum absolute atomic E-state index is 0. The third-order valence-corrected chi connectivity index (χ3v) is 2.09. The molecule has 4 nitrogen and oxygen atoms in total. The highest BCUT2D eigenvalue weighted by Crippen LogP contribution is 2.25. The summed E-state index contributed by atoms with van der Waals surface area (Å²) in [4.78, 5) is 11.0. The molecule has 12 heavy (non-hydrogen) atoms. The van der Waals surface area contributed by atoms with E-state index in [1.54, 1.807) is 0 Å². The van der Waals surface area contributed by atoms with Crippen molar-refractivity contribution in [2.24, 2.45) is 11.7 Å². The molecule has 0 spiro atoms. The van der Waals surface area contributed by atoms with Gasteiger partial charge in [0.15, 0.2) is 0 Å². The Morgan fingerprint density at radius 2 is 2.17 bits per heavy atom. The third kappa shape index (κ3) is 2.33. The Morgan fingerprint density at radius 3 is 2.50 bits per heavy atom. The molecule has 0 unspecified atom stereocenters. The molecular formula is C7H14ClNO3. The molecule has 0 aromatic rings. The van der Waals surface area contributed by atoms with Crippen molar-refractivity contribution >= 4 is 18.4 Å². The second-order valence-electron chi connectivity index (χ2n) is 2.92. The lowest BCUT2D eigenvalue weighted by Crippen LogP contribution is -2.31. The number of methoxy groups -OCH3 is 1. The van der Waals surface area contributed by atoms with Crippen LogP contribution in [-0.2, 0) is 9.53 Å². The largest absolute Gasteiger partial charge is 0.469 e. The van der Waals surface area contributed by atoms with E-state index in [2.05, 4.69) is 4.74 Å². The highest BCUT2D eigenvalue weighted by atomic mass is 35.5. The van der Waals surface area contributed by atoms with Gasteiger partial charge in [0, 0.05) is 6.04 Å². The van der Waals surface area contributed by atoms with Crippen LogP contribution >= 0.6 is 12.4 Å². The Kier molecular flexibility index (Phi) is 4.52. The van der Waals surface area contributed by atoms with Gasteiger partial charge in [0.1, 0.15) is 0 Å². The van der Waals surface area contributed by atoms with Crippen molar-refractivity contribution in [3.05, 3.63) is 0 Å². The van der Waals surface area contributed by atoms with Crippen molar-refractivity contribution in [3.63, 3.8) is 0 Å². The van der Waals surface area contributed by atoms with E-state index in [-0.39, 0.29) is 30.3 Å². The molecule has 1 rings (SSSR count). The number of carbonyl (C=O) groups is 1. The van der Waals surface area contributed by atoms with Gasteiger partial charge >= 0.3 is 5.97 Å². The molecule has 0 heterocycles. The molecule has 3 atom stereocenters.